The molecule has 2 aromatic carbocycles. The maximum absolute atomic E-state index is 13.4. The third kappa shape index (κ3) is 4.75. The zero-order valence-corrected chi connectivity index (χ0v) is 18.5. The number of hydrogen-bond acceptors (Lipinski definition) is 4. The van der Waals surface area contributed by atoms with Crippen LogP contribution >= 0.6 is 22.6 Å². The average molecular weight is 491 g/mol. The van der Waals surface area contributed by atoms with Crippen molar-refractivity contribution in [2.45, 2.75) is 33.1 Å². The van der Waals surface area contributed by atoms with E-state index in [9.17, 15) is 4.79 Å². The largest absolute Gasteiger partial charge is 0.491 e. The number of halogens is 1. The summed E-state index contributed by atoms with van der Waals surface area (Å²) < 4.78 is 12.8. The van der Waals surface area contributed by atoms with Crippen LogP contribution in [0.25, 0.3) is 11.0 Å². The molecule has 0 amide bonds. The van der Waals surface area contributed by atoms with E-state index in [1.54, 1.807) is 0 Å². The van der Waals surface area contributed by atoms with Gasteiger partial charge in [0.25, 0.3) is 0 Å². The van der Waals surface area contributed by atoms with E-state index in [-0.39, 0.29) is 5.78 Å². The fourth-order valence-corrected chi connectivity index (χ4v) is 3.84. The van der Waals surface area contributed by atoms with E-state index in [1.165, 1.54) is 0 Å². The maximum Gasteiger partial charge on any atom is 0.197 e. The van der Waals surface area contributed by atoms with Crippen LogP contribution in [0.1, 0.15) is 48.4 Å². The molecule has 1 heterocycles. The van der Waals surface area contributed by atoms with E-state index in [0.29, 0.717) is 17.7 Å². The van der Waals surface area contributed by atoms with Crippen molar-refractivity contribution in [2.24, 2.45) is 0 Å². The fourth-order valence-electron chi connectivity index (χ4n) is 3.17. The summed E-state index contributed by atoms with van der Waals surface area (Å²) in [5.74, 6) is 1.60. The Morgan fingerprint density at radius 1 is 1.18 bits per heavy atom. The Kier molecular flexibility index (Phi) is 7.50. The Morgan fingerprint density at radius 2 is 2.00 bits per heavy atom. The summed E-state index contributed by atoms with van der Waals surface area (Å²) in [6.45, 7) is 6.53. The molecule has 1 N–H and O–H groups in total. The Hall–Kier alpha value is -1.86. The van der Waals surface area contributed by atoms with Crippen molar-refractivity contribution in [2.75, 3.05) is 19.7 Å². The fraction of sp³-hybridized carbons (Fsp3) is 0.348. The van der Waals surface area contributed by atoms with Gasteiger partial charge in [0.15, 0.2) is 5.78 Å². The molecule has 0 radical (unpaired) electrons. The minimum absolute atomic E-state index is 0.00756. The molecule has 5 heteroatoms. The second-order valence-electron chi connectivity index (χ2n) is 6.68. The number of rotatable bonds is 10. The van der Waals surface area contributed by atoms with Gasteiger partial charge in [-0.15, -0.1) is 0 Å². The van der Waals surface area contributed by atoms with Crippen LogP contribution in [-0.2, 0) is 6.42 Å². The smallest absolute Gasteiger partial charge is 0.197 e. The van der Waals surface area contributed by atoms with Crippen molar-refractivity contribution >= 4 is 39.3 Å². The summed E-state index contributed by atoms with van der Waals surface area (Å²) in [5.41, 5.74) is 2.13. The molecule has 0 fully saturated rings. The number of para-hydroxylation sites is 1. The van der Waals surface area contributed by atoms with Gasteiger partial charge in [0.2, 0.25) is 0 Å². The van der Waals surface area contributed by atoms with Gasteiger partial charge in [-0.2, -0.15) is 0 Å². The molecular weight excluding hydrogens is 465 g/mol. The van der Waals surface area contributed by atoms with Crippen LogP contribution in [0.5, 0.6) is 5.75 Å². The first-order valence-electron chi connectivity index (χ1n) is 9.83. The van der Waals surface area contributed by atoms with Crippen LogP contribution in [0.2, 0.25) is 0 Å². The Bertz CT molecular complexity index is 948. The molecule has 0 aliphatic carbocycles. The zero-order chi connectivity index (χ0) is 19.9. The van der Waals surface area contributed by atoms with E-state index >= 15 is 0 Å². The van der Waals surface area contributed by atoms with Crippen LogP contribution in [0.3, 0.4) is 0 Å². The molecule has 0 atom stereocenters. The van der Waals surface area contributed by atoms with E-state index in [4.69, 9.17) is 9.15 Å². The predicted octanol–water partition coefficient (Wildman–Crippen LogP) is 5.60. The normalized spacial score (nSPS) is 11.1. The topological polar surface area (TPSA) is 51.5 Å². The molecule has 0 bridgehead atoms. The van der Waals surface area contributed by atoms with E-state index in [1.807, 2.05) is 42.5 Å². The van der Waals surface area contributed by atoms with Gasteiger partial charge >= 0.3 is 0 Å². The minimum Gasteiger partial charge on any atom is -0.491 e. The minimum atomic E-state index is 0.00756. The van der Waals surface area contributed by atoms with E-state index in [0.717, 1.165) is 58.4 Å². The molecule has 0 saturated carbocycles. The number of fused-ring (bicyclic) bond motifs is 1. The third-order valence-corrected chi connectivity index (χ3v) is 5.48. The molecule has 148 valence electrons. The lowest BCUT2D eigenvalue weighted by molar-refractivity contribution is 0.103. The van der Waals surface area contributed by atoms with E-state index in [2.05, 4.69) is 41.8 Å². The number of likely N-dealkylation sites (N-methyl/N-ethyl adjacent to an activating group) is 1. The number of unbranched alkanes of at least 4 members (excludes halogenated alkanes) is 1. The van der Waals surface area contributed by atoms with Crippen molar-refractivity contribution < 1.29 is 13.9 Å². The van der Waals surface area contributed by atoms with Gasteiger partial charge in [0.1, 0.15) is 23.7 Å². The quantitative estimate of drug-likeness (QED) is 0.228. The molecule has 0 unspecified atom stereocenters. The number of furan rings is 1. The molecule has 4 nitrogen and oxygen atoms in total. The SMILES string of the molecule is CCCCc1oc2ccccc2c1C(=O)c1ccc(OCCNCC)c(I)c1. The first-order chi connectivity index (χ1) is 13.7. The van der Waals surface area contributed by atoms with Crippen molar-refractivity contribution in [1.29, 1.82) is 0 Å². The predicted molar refractivity (Wildman–Crippen MR) is 121 cm³/mol. The average Bonchev–Trinajstić information content (AvgIpc) is 3.08. The summed E-state index contributed by atoms with van der Waals surface area (Å²) in [7, 11) is 0. The standard InChI is InChI=1S/C23H26INO3/c1-3-5-9-21-22(17-8-6-7-10-19(17)28-21)23(26)16-11-12-20(18(24)15-16)27-14-13-25-4-2/h6-8,10-12,15,25H,3-5,9,13-14H2,1-2H3. The van der Waals surface area contributed by atoms with Crippen LogP contribution < -0.4 is 10.1 Å². The Labute approximate surface area is 179 Å². The molecule has 28 heavy (non-hydrogen) atoms. The number of carbonyl (C=O) groups is 1. The van der Waals surface area contributed by atoms with Crippen LogP contribution in [0.15, 0.2) is 46.9 Å². The maximum atomic E-state index is 13.4. The van der Waals surface area contributed by atoms with Gasteiger partial charge in [-0.1, -0.05) is 38.5 Å². The Morgan fingerprint density at radius 3 is 2.75 bits per heavy atom. The number of ether oxygens (including phenoxy) is 1. The molecular formula is C23H26INO3. The van der Waals surface area contributed by atoms with Crippen molar-refractivity contribution in [3.05, 3.63) is 62.9 Å². The second kappa shape index (κ2) is 10.1. The molecule has 0 saturated heterocycles. The van der Waals surface area contributed by atoms with Crippen molar-refractivity contribution in [1.82, 2.24) is 5.32 Å². The Balaban J connectivity index is 1.88. The monoisotopic (exact) mass is 491 g/mol. The summed E-state index contributed by atoms with van der Waals surface area (Å²) in [5, 5.41) is 4.12. The van der Waals surface area contributed by atoms with Gasteiger partial charge in [-0.05, 0) is 59.8 Å². The highest BCUT2D eigenvalue weighted by Gasteiger charge is 2.22. The lowest BCUT2D eigenvalue weighted by atomic mass is 9.98. The zero-order valence-electron chi connectivity index (χ0n) is 16.4. The second-order valence-corrected chi connectivity index (χ2v) is 7.84. The highest BCUT2D eigenvalue weighted by molar-refractivity contribution is 14.1. The molecule has 3 rings (SSSR count). The lowest BCUT2D eigenvalue weighted by Gasteiger charge is -2.10. The molecule has 0 aliphatic heterocycles. The van der Waals surface area contributed by atoms with Crippen LogP contribution in [-0.4, -0.2) is 25.5 Å². The number of nitrogens with one attached hydrogen (secondary N) is 1. The van der Waals surface area contributed by atoms with Gasteiger partial charge in [-0.25, -0.2) is 0 Å². The first kappa shape index (κ1) is 20.9. The molecule has 0 spiro atoms. The molecule has 0 aliphatic rings. The lowest BCUT2D eigenvalue weighted by Crippen LogP contribution is -2.20. The van der Waals surface area contributed by atoms with Gasteiger partial charge in [-0.3, -0.25) is 4.79 Å². The number of ketones is 1. The first-order valence-corrected chi connectivity index (χ1v) is 10.9. The van der Waals surface area contributed by atoms with Crippen LogP contribution in [0.4, 0.5) is 0 Å². The summed E-state index contributed by atoms with van der Waals surface area (Å²) in [4.78, 5) is 13.4. The van der Waals surface area contributed by atoms with Gasteiger partial charge in [0.05, 0.1) is 9.13 Å². The highest BCUT2D eigenvalue weighted by Crippen LogP contribution is 2.31. The summed E-state index contributed by atoms with van der Waals surface area (Å²) in [6.07, 6.45) is 2.83. The van der Waals surface area contributed by atoms with E-state index < -0.39 is 0 Å². The number of aryl methyl sites for hydroxylation is 1. The summed E-state index contributed by atoms with van der Waals surface area (Å²) >= 11 is 2.23. The van der Waals surface area contributed by atoms with Gasteiger partial charge < -0.3 is 14.5 Å². The number of benzene rings is 2. The van der Waals surface area contributed by atoms with Crippen molar-refractivity contribution in [3.8, 4) is 5.75 Å². The number of carbonyl (C=O) groups excluding carboxylic acids is 1. The molecule has 3 aromatic rings. The van der Waals surface area contributed by atoms with Crippen molar-refractivity contribution in [3.63, 3.8) is 0 Å². The van der Waals surface area contributed by atoms with Crippen LogP contribution in [0, 0.1) is 3.57 Å². The summed E-state index contributed by atoms with van der Waals surface area (Å²) in [6, 6.07) is 13.4. The number of hydrogen-bond donors (Lipinski definition) is 1. The highest BCUT2D eigenvalue weighted by atomic mass is 127. The third-order valence-electron chi connectivity index (χ3n) is 4.63. The molecule has 1 aromatic heterocycles. The van der Waals surface area contributed by atoms with Gasteiger partial charge in [0, 0.05) is 23.9 Å².